The van der Waals surface area contributed by atoms with Crippen molar-refractivity contribution in [3.63, 3.8) is 0 Å². The third kappa shape index (κ3) is 2.01. The minimum Gasteiger partial charge on any atom is -0.388 e. The molecule has 1 aliphatic heterocycles. The highest BCUT2D eigenvalue weighted by Crippen LogP contribution is 2.22. The van der Waals surface area contributed by atoms with Crippen molar-refractivity contribution in [2.45, 2.75) is 12.4 Å². The lowest BCUT2D eigenvalue weighted by Crippen LogP contribution is -2.31. The number of pyridine rings is 1. The molecular weight excluding hydrogens is 184 g/mol. The number of aromatic nitrogens is 1. The molecule has 3 N–H and O–H groups in total. The Labute approximate surface area is 81.5 Å². The van der Waals surface area contributed by atoms with Crippen LogP contribution >= 0.6 is 0 Å². The van der Waals surface area contributed by atoms with Gasteiger partial charge in [-0.3, -0.25) is 0 Å². The topological polar surface area (TPSA) is 77.6 Å². The van der Waals surface area contributed by atoms with Crippen LogP contribution in [-0.4, -0.2) is 29.4 Å². The highest BCUT2D eigenvalue weighted by atomic mass is 16.7. The average Bonchev–Trinajstić information content (AvgIpc) is 2.21. The fourth-order valence-corrected chi connectivity index (χ4v) is 1.24. The second-order valence-electron chi connectivity index (χ2n) is 3.17. The van der Waals surface area contributed by atoms with Gasteiger partial charge < -0.3 is 20.3 Å². The van der Waals surface area contributed by atoms with E-state index in [0.29, 0.717) is 5.82 Å². The van der Waals surface area contributed by atoms with Crippen LogP contribution in [0.2, 0.25) is 0 Å². The van der Waals surface area contributed by atoms with Crippen LogP contribution in [0.5, 0.6) is 0 Å². The molecule has 2 rings (SSSR count). The van der Waals surface area contributed by atoms with E-state index < -0.39 is 12.4 Å². The zero-order valence-electron chi connectivity index (χ0n) is 7.59. The number of aliphatic hydroxyl groups excluding tert-OH is 1. The van der Waals surface area contributed by atoms with Crippen LogP contribution in [0.4, 0.5) is 5.82 Å². The maximum absolute atomic E-state index is 9.13. The van der Waals surface area contributed by atoms with E-state index in [1.807, 2.05) is 0 Å². The molecule has 76 valence electrons. The van der Waals surface area contributed by atoms with Gasteiger partial charge in [0, 0.05) is 11.8 Å². The summed E-state index contributed by atoms with van der Waals surface area (Å²) in [6.45, 7) is 0.573. The first kappa shape index (κ1) is 9.39. The van der Waals surface area contributed by atoms with E-state index >= 15 is 0 Å². The molecule has 5 heteroatoms. The van der Waals surface area contributed by atoms with E-state index in [1.54, 1.807) is 18.3 Å². The normalized spacial score (nSPS) is 27.5. The Bertz CT molecular complexity index is 293. The van der Waals surface area contributed by atoms with E-state index in [1.165, 1.54) is 0 Å². The maximum atomic E-state index is 9.13. The molecule has 0 saturated carbocycles. The van der Waals surface area contributed by atoms with Gasteiger partial charge in [0.05, 0.1) is 13.2 Å². The van der Waals surface area contributed by atoms with Gasteiger partial charge in [0.2, 0.25) is 0 Å². The Morgan fingerprint density at radius 2 is 2.07 bits per heavy atom. The number of nitrogens with zero attached hydrogens (tertiary/aromatic N) is 1. The van der Waals surface area contributed by atoms with E-state index in [2.05, 4.69) is 4.98 Å². The van der Waals surface area contributed by atoms with Crippen molar-refractivity contribution in [3.05, 3.63) is 23.9 Å². The molecule has 5 nitrogen and oxygen atoms in total. The minimum absolute atomic E-state index is 0.287. The number of aliphatic hydroxyl groups is 1. The largest absolute Gasteiger partial charge is 0.388 e. The quantitative estimate of drug-likeness (QED) is 0.664. The van der Waals surface area contributed by atoms with Crippen LogP contribution in [0.25, 0.3) is 0 Å². The molecule has 1 aromatic rings. The zero-order chi connectivity index (χ0) is 9.97. The van der Waals surface area contributed by atoms with Crippen LogP contribution in [0, 0.1) is 0 Å². The minimum atomic E-state index is -0.534. The Balaban J connectivity index is 2.05. The summed E-state index contributed by atoms with van der Waals surface area (Å²) in [5.41, 5.74) is 6.26. The Morgan fingerprint density at radius 3 is 2.64 bits per heavy atom. The second kappa shape index (κ2) is 3.91. The predicted octanol–water partition coefficient (Wildman–Crippen LogP) is 0.0701. The first-order valence-corrected chi connectivity index (χ1v) is 4.38. The standard InChI is InChI=1S/C9H12N2O3/c10-8-2-1-6(3-11-8)9-13-4-7(12)5-14-9/h1-3,7,9,12H,4-5H2,(H2,10,11). The molecule has 1 fully saturated rings. The van der Waals surface area contributed by atoms with Gasteiger partial charge >= 0.3 is 0 Å². The van der Waals surface area contributed by atoms with Gasteiger partial charge in [-0.15, -0.1) is 0 Å². The number of hydrogen-bond donors (Lipinski definition) is 2. The molecule has 0 spiro atoms. The average molecular weight is 196 g/mol. The van der Waals surface area contributed by atoms with Crippen molar-refractivity contribution >= 4 is 5.82 Å². The van der Waals surface area contributed by atoms with Gasteiger partial charge in [-0.05, 0) is 12.1 Å². The first-order chi connectivity index (χ1) is 6.75. The van der Waals surface area contributed by atoms with E-state index in [0.717, 1.165) is 5.56 Å². The molecule has 0 amide bonds. The molecule has 0 bridgehead atoms. The molecule has 0 aromatic carbocycles. The number of hydrogen-bond acceptors (Lipinski definition) is 5. The number of nitrogen functional groups attached to an aromatic ring is 1. The highest BCUT2D eigenvalue weighted by Gasteiger charge is 2.21. The third-order valence-electron chi connectivity index (χ3n) is 1.96. The van der Waals surface area contributed by atoms with Gasteiger partial charge in [0.25, 0.3) is 0 Å². The summed E-state index contributed by atoms with van der Waals surface area (Å²) in [5, 5.41) is 9.13. The van der Waals surface area contributed by atoms with Crippen LogP contribution in [0.3, 0.4) is 0 Å². The van der Waals surface area contributed by atoms with Crippen LogP contribution in [0.15, 0.2) is 18.3 Å². The smallest absolute Gasteiger partial charge is 0.185 e. The fourth-order valence-electron chi connectivity index (χ4n) is 1.24. The highest BCUT2D eigenvalue weighted by molar-refractivity contribution is 5.29. The van der Waals surface area contributed by atoms with Gasteiger partial charge in [-0.25, -0.2) is 4.98 Å². The van der Waals surface area contributed by atoms with Crippen molar-refractivity contribution in [1.82, 2.24) is 4.98 Å². The first-order valence-electron chi connectivity index (χ1n) is 4.38. The number of rotatable bonds is 1. The summed E-state index contributed by atoms with van der Waals surface area (Å²) in [6.07, 6.45) is 0.636. The van der Waals surface area contributed by atoms with Crippen LogP contribution in [-0.2, 0) is 9.47 Å². The molecule has 14 heavy (non-hydrogen) atoms. The molecule has 0 unspecified atom stereocenters. The maximum Gasteiger partial charge on any atom is 0.185 e. The zero-order valence-corrected chi connectivity index (χ0v) is 7.59. The van der Waals surface area contributed by atoms with Gasteiger partial charge in [-0.2, -0.15) is 0 Å². The monoisotopic (exact) mass is 196 g/mol. The van der Waals surface area contributed by atoms with E-state index in [4.69, 9.17) is 20.3 Å². The molecule has 1 aliphatic rings. The Morgan fingerprint density at radius 1 is 1.36 bits per heavy atom. The Kier molecular flexibility index (Phi) is 2.62. The number of ether oxygens (including phenoxy) is 2. The molecule has 0 radical (unpaired) electrons. The van der Waals surface area contributed by atoms with Crippen molar-refractivity contribution in [3.8, 4) is 0 Å². The van der Waals surface area contributed by atoms with Crippen LogP contribution < -0.4 is 5.73 Å². The van der Waals surface area contributed by atoms with Crippen LogP contribution in [0.1, 0.15) is 11.9 Å². The second-order valence-corrected chi connectivity index (χ2v) is 3.17. The molecule has 0 atom stereocenters. The Hall–Kier alpha value is -1.17. The molecule has 1 saturated heterocycles. The van der Waals surface area contributed by atoms with Gasteiger partial charge in [0.15, 0.2) is 6.29 Å². The summed E-state index contributed by atoms with van der Waals surface area (Å²) in [5.74, 6) is 0.463. The van der Waals surface area contributed by atoms with E-state index in [9.17, 15) is 0 Å². The van der Waals surface area contributed by atoms with Crippen molar-refractivity contribution in [1.29, 1.82) is 0 Å². The fraction of sp³-hybridized carbons (Fsp3) is 0.444. The predicted molar refractivity (Wildman–Crippen MR) is 49.3 cm³/mol. The molecule has 0 aliphatic carbocycles. The van der Waals surface area contributed by atoms with Crippen molar-refractivity contribution < 1.29 is 14.6 Å². The third-order valence-corrected chi connectivity index (χ3v) is 1.96. The van der Waals surface area contributed by atoms with Gasteiger partial charge in [-0.1, -0.05) is 0 Å². The van der Waals surface area contributed by atoms with E-state index in [-0.39, 0.29) is 13.2 Å². The summed E-state index contributed by atoms with van der Waals surface area (Å²) in [7, 11) is 0. The lowest BCUT2D eigenvalue weighted by atomic mass is 10.2. The lowest BCUT2D eigenvalue weighted by molar-refractivity contribution is -0.220. The molecule has 2 heterocycles. The molecule has 1 aromatic heterocycles. The SMILES string of the molecule is Nc1ccc(C2OCC(O)CO2)cn1. The van der Waals surface area contributed by atoms with Crippen molar-refractivity contribution in [2.75, 3.05) is 18.9 Å². The summed E-state index contributed by atoms with van der Waals surface area (Å²) in [4.78, 5) is 3.93. The van der Waals surface area contributed by atoms with Gasteiger partial charge in [0.1, 0.15) is 11.9 Å². The number of nitrogens with two attached hydrogens (primary N) is 1. The summed E-state index contributed by atoms with van der Waals surface area (Å²) in [6, 6.07) is 3.48. The molecular formula is C9H12N2O3. The lowest BCUT2D eigenvalue weighted by Gasteiger charge is -2.26. The van der Waals surface area contributed by atoms with Crippen molar-refractivity contribution in [2.24, 2.45) is 0 Å². The number of anilines is 1. The summed E-state index contributed by atoms with van der Waals surface area (Å²) < 4.78 is 10.5. The summed E-state index contributed by atoms with van der Waals surface area (Å²) >= 11 is 0.